The summed E-state index contributed by atoms with van der Waals surface area (Å²) in [6.45, 7) is 3.09. The molecule has 2 N–H and O–H groups in total. The van der Waals surface area contributed by atoms with Gasteiger partial charge in [0.2, 0.25) is 11.8 Å². The molecule has 6 nitrogen and oxygen atoms in total. The van der Waals surface area contributed by atoms with Crippen molar-refractivity contribution in [2.45, 2.75) is 51.5 Å². The summed E-state index contributed by atoms with van der Waals surface area (Å²) >= 11 is 0. The van der Waals surface area contributed by atoms with Crippen LogP contribution in [0.25, 0.3) is 0 Å². The normalized spacial score (nSPS) is 19.7. The number of carbonyl (C=O) groups excluding carboxylic acids is 2. The minimum atomic E-state index is -1.07. The number of aliphatic carboxylic acids is 1. The van der Waals surface area contributed by atoms with Crippen molar-refractivity contribution in [3.05, 3.63) is 35.4 Å². The monoisotopic (exact) mass is 372 g/mol. The third-order valence-electron chi connectivity index (χ3n) is 5.83. The highest BCUT2D eigenvalue weighted by molar-refractivity contribution is 5.86. The molecule has 2 amide bonds. The van der Waals surface area contributed by atoms with Gasteiger partial charge < -0.3 is 15.3 Å². The molecule has 0 radical (unpaired) electrons. The molecule has 0 unspecified atom stereocenters. The molecule has 1 aromatic rings. The van der Waals surface area contributed by atoms with Gasteiger partial charge in [-0.2, -0.15) is 0 Å². The average molecular weight is 372 g/mol. The van der Waals surface area contributed by atoms with E-state index < -0.39 is 12.0 Å². The quantitative estimate of drug-likeness (QED) is 0.832. The number of benzene rings is 1. The number of rotatable bonds is 5. The fraction of sp³-hybridized carbons (Fsp3) is 0.571. The maximum atomic E-state index is 12.6. The summed E-state index contributed by atoms with van der Waals surface area (Å²) in [4.78, 5) is 38.6. The lowest BCUT2D eigenvalue weighted by Gasteiger charge is -2.33. The Kier molecular flexibility index (Phi) is 6.14. The predicted octanol–water partition coefficient (Wildman–Crippen LogP) is 2.67. The topological polar surface area (TPSA) is 86.7 Å². The molecule has 1 aromatic carbocycles. The van der Waals surface area contributed by atoms with Gasteiger partial charge in [-0.15, -0.1) is 0 Å². The number of aryl methyl sites for hydroxylation is 1. The molecule has 2 aliphatic rings. The maximum absolute atomic E-state index is 12.6. The van der Waals surface area contributed by atoms with E-state index in [0.29, 0.717) is 31.5 Å². The standard InChI is InChI=1S/C21H28N2O4/c1-14-6-8-15(9-7-14)18(21(26)27)22-19(24)16-10-12-23(13-11-16)20(25)17-4-2-3-5-17/h6-9,16-18H,2-5,10-13H2,1H3,(H,22,24)(H,26,27)/t18-/m1/s1. The van der Waals surface area contributed by atoms with Crippen molar-refractivity contribution >= 4 is 17.8 Å². The van der Waals surface area contributed by atoms with E-state index in [9.17, 15) is 19.5 Å². The van der Waals surface area contributed by atoms with Crippen LogP contribution < -0.4 is 5.32 Å². The van der Waals surface area contributed by atoms with Crippen LogP contribution in [0.4, 0.5) is 0 Å². The second-order valence-electron chi connectivity index (χ2n) is 7.77. The molecule has 0 aromatic heterocycles. The molecule has 1 aliphatic heterocycles. The zero-order chi connectivity index (χ0) is 19.4. The number of hydrogen-bond acceptors (Lipinski definition) is 3. The van der Waals surface area contributed by atoms with E-state index in [2.05, 4.69) is 5.32 Å². The average Bonchev–Trinajstić information content (AvgIpc) is 3.21. The Morgan fingerprint density at radius 3 is 2.15 bits per heavy atom. The number of likely N-dealkylation sites (tertiary alicyclic amines) is 1. The summed E-state index contributed by atoms with van der Waals surface area (Å²) in [6.07, 6.45) is 5.40. The summed E-state index contributed by atoms with van der Waals surface area (Å²) in [7, 11) is 0. The number of carboxylic acid groups (broad SMARTS) is 1. The van der Waals surface area contributed by atoms with Gasteiger partial charge in [-0.3, -0.25) is 9.59 Å². The van der Waals surface area contributed by atoms with Crippen molar-refractivity contribution in [3.63, 3.8) is 0 Å². The highest BCUT2D eigenvalue weighted by atomic mass is 16.4. The molecule has 1 saturated heterocycles. The van der Waals surface area contributed by atoms with Crippen molar-refractivity contribution in [2.75, 3.05) is 13.1 Å². The van der Waals surface area contributed by atoms with Crippen LogP contribution in [0.3, 0.4) is 0 Å². The SMILES string of the molecule is Cc1ccc([C@@H](NC(=O)C2CCN(C(=O)C3CCCC3)CC2)C(=O)O)cc1. The lowest BCUT2D eigenvalue weighted by atomic mass is 9.93. The third-order valence-corrected chi connectivity index (χ3v) is 5.83. The number of nitrogens with zero attached hydrogens (tertiary/aromatic N) is 1. The van der Waals surface area contributed by atoms with Gasteiger partial charge in [0.15, 0.2) is 6.04 Å². The predicted molar refractivity (Wildman–Crippen MR) is 101 cm³/mol. The molecule has 1 aliphatic carbocycles. The van der Waals surface area contributed by atoms with E-state index in [0.717, 1.165) is 31.2 Å². The Morgan fingerprint density at radius 2 is 1.59 bits per heavy atom. The zero-order valence-electron chi connectivity index (χ0n) is 15.8. The maximum Gasteiger partial charge on any atom is 0.330 e. The smallest absolute Gasteiger partial charge is 0.330 e. The molecular weight excluding hydrogens is 344 g/mol. The Balaban J connectivity index is 1.55. The Labute approximate surface area is 159 Å². The van der Waals surface area contributed by atoms with Crippen LogP contribution in [0.1, 0.15) is 55.7 Å². The number of carbonyl (C=O) groups is 3. The first-order valence-corrected chi connectivity index (χ1v) is 9.84. The fourth-order valence-electron chi connectivity index (χ4n) is 4.10. The van der Waals surface area contributed by atoms with E-state index >= 15 is 0 Å². The number of nitrogens with one attached hydrogen (secondary N) is 1. The number of carboxylic acids is 1. The molecule has 6 heteroatoms. The molecule has 27 heavy (non-hydrogen) atoms. The van der Waals surface area contributed by atoms with Crippen molar-refractivity contribution in [1.29, 1.82) is 0 Å². The van der Waals surface area contributed by atoms with E-state index in [1.54, 1.807) is 12.1 Å². The Hall–Kier alpha value is -2.37. The highest BCUT2D eigenvalue weighted by Crippen LogP contribution is 2.28. The molecule has 3 rings (SSSR count). The molecule has 1 heterocycles. The second-order valence-corrected chi connectivity index (χ2v) is 7.77. The van der Waals surface area contributed by atoms with Gasteiger partial charge in [-0.1, -0.05) is 42.7 Å². The van der Waals surface area contributed by atoms with Crippen molar-refractivity contribution in [1.82, 2.24) is 10.2 Å². The first-order chi connectivity index (χ1) is 13.0. The van der Waals surface area contributed by atoms with E-state index in [-0.39, 0.29) is 23.7 Å². The van der Waals surface area contributed by atoms with Crippen LogP contribution >= 0.6 is 0 Å². The summed E-state index contributed by atoms with van der Waals surface area (Å²) in [5.41, 5.74) is 1.60. The van der Waals surface area contributed by atoms with Gasteiger partial charge in [-0.05, 0) is 38.2 Å². The minimum absolute atomic E-state index is 0.160. The van der Waals surface area contributed by atoms with Crippen molar-refractivity contribution in [3.8, 4) is 0 Å². The second kappa shape index (κ2) is 8.55. The Morgan fingerprint density at radius 1 is 1.00 bits per heavy atom. The van der Waals surface area contributed by atoms with Gasteiger partial charge in [0, 0.05) is 24.9 Å². The van der Waals surface area contributed by atoms with Crippen LogP contribution in [-0.4, -0.2) is 40.9 Å². The fourth-order valence-corrected chi connectivity index (χ4v) is 4.10. The molecule has 1 saturated carbocycles. The van der Waals surface area contributed by atoms with Gasteiger partial charge in [0.1, 0.15) is 0 Å². The molecule has 0 spiro atoms. The van der Waals surface area contributed by atoms with E-state index in [1.165, 1.54) is 0 Å². The van der Waals surface area contributed by atoms with Crippen LogP contribution in [0.5, 0.6) is 0 Å². The van der Waals surface area contributed by atoms with Gasteiger partial charge in [0.05, 0.1) is 0 Å². The zero-order valence-corrected chi connectivity index (χ0v) is 15.8. The van der Waals surface area contributed by atoms with Gasteiger partial charge in [0.25, 0.3) is 0 Å². The van der Waals surface area contributed by atoms with Gasteiger partial charge >= 0.3 is 5.97 Å². The molecular formula is C21H28N2O4. The summed E-state index contributed by atoms with van der Waals surface area (Å²) in [6, 6.07) is 6.10. The highest BCUT2D eigenvalue weighted by Gasteiger charge is 2.33. The van der Waals surface area contributed by atoms with Crippen LogP contribution in [0.15, 0.2) is 24.3 Å². The lowest BCUT2D eigenvalue weighted by Crippen LogP contribution is -2.46. The van der Waals surface area contributed by atoms with Crippen LogP contribution in [0.2, 0.25) is 0 Å². The summed E-state index contributed by atoms with van der Waals surface area (Å²) < 4.78 is 0. The summed E-state index contributed by atoms with van der Waals surface area (Å²) in [5.74, 6) is -1.16. The van der Waals surface area contributed by atoms with E-state index in [1.807, 2.05) is 24.0 Å². The molecule has 146 valence electrons. The number of hydrogen-bond donors (Lipinski definition) is 2. The number of piperidine rings is 1. The Bertz CT molecular complexity index is 687. The lowest BCUT2D eigenvalue weighted by molar-refractivity contribution is -0.143. The first-order valence-electron chi connectivity index (χ1n) is 9.84. The van der Waals surface area contributed by atoms with Crippen LogP contribution in [-0.2, 0) is 14.4 Å². The minimum Gasteiger partial charge on any atom is -0.479 e. The third kappa shape index (κ3) is 4.67. The van der Waals surface area contributed by atoms with Crippen molar-refractivity contribution < 1.29 is 19.5 Å². The summed E-state index contributed by atoms with van der Waals surface area (Å²) in [5, 5.41) is 12.2. The largest absolute Gasteiger partial charge is 0.479 e. The van der Waals surface area contributed by atoms with Gasteiger partial charge in [-0.25, -0.2) is 4.79 Å². The van der Waals surface area contributed by atoms with Crippen molar-refractivity contribution in [2.24, 2.45) is 11.8 Å². The van der Waals surface area contributed by atoms with E-state index in [4.69, 9.17) is 0 Å². The van der Waals surface area contributed by atoms with Crippen LogP contribution in [0, 0.1) is 18.8 Å². The molecule has 2 fully saturated rings. The molecule has 0 bridgehead atoms. The first kappa shape index (κ1) is 19.4. The molecule has 1 atom stereocenters. The number of amides is 2.